The maximum atomic E-state index is 12.9. The van der Waals surface area contributed by atoms with Crippen LogP contribution >= 0.6 is 0 Å². The second-order valence-corrected chi connectivity index (χ2v) is 6.66. The van der Waals surface area contributed by atoms with Crippen LogP contribution in [0.4, 0.5) is 0 Å². The minimum Gasteiger partial charge on any atom is -0.497 e. The molecular formula is C18H28O2. The summed E-state index contributed by atoms with van der Waals surface area (Å²) in [6, 6.07) is 0. The molecule has 2 rings (SSSR count). The number of methoxy groups -OCH3 is 1. The monoisotopic (exact) mass is 276 g/mol. The number of hydrogen-bond donors (Lipinski definition) is 0. The maximum absolute atomic E-state index is 12.9. The van der Waals surface area contributed by atoms with Gasteiger partial charge in [0.25, 0.3) is 0 Å². The summed E-state index contributed by atoms with van der Waals surface area (Å²) in [6.45, 7) is 4.27. The highest BCUT2D eigenvalue weighted by Crippen LogP contribution is 2.39. The molecule has 2 nitrogen and oxygen atoms in total. The van der Waals surface area contributed by atoms with E-state index in [1.165, 1.54) is 32.1 Å². The number of ether oxygens (including phenoxy) is 1. The molecule has 0 aromatic heterocycles. The Labute approximate surface area is 123 Å². The summed E-state index contributed by atoms with van der Waals surface area (Å²) < 4.78 is 5.45. The van der Waals surface area contributed by atoms with E-state index in [-0.39, 0.29) is 5.41 Å². The molecule has 0 spiro atoms. The number of Topliss-reactive ketones (excluding diaryl/α,β-unsaturated/α-hetero) is 1. The van der Waals surface area contributed by atoms with Crippen molar-refractivity contribution in [2.24, 2.45) is 11.3 Å². The van der Waals surface area contributed by atoms with Gasteiger partial charge in [0.15, 0.2) is 5.78 Å². The highest BCUT2D eigenvalue weighted by molar-refractivity contribution is 6.02. The molecule has 0 aromatic carbocycles. The molecule has 112 valence electrons. The number of fused-ring (bicyclic) bond motifs is 2. The van der Waals surface area contributed by atoms with E-state index in [2.05, 4.69) is 13.8 Å². The van der Waals surface area contributed by atoms with E-state index in [4.69, 9.17) is 4.74 Å². The Hall–Kier alpha value is -1.05. The topological polar surface area (TPSA) is 26.3 Å². The van der Waals surface area contributed by atoms with Crippen molar-refractivity contribution in [1.82, 2.24) is 0 Å². The van der Waals surface area contributed by atoms with E-state index in [0.717, 1.165) is 30.6 Å². The quantitative estimate of drug-likeness (QED) is 0.687. The summed E-state index contributed by atoms with van der Waals surface area (Å²) in [7, 11) is 1.70. The third-order valence-electron chi connectivity index (χ3n) is 4.89. The summed E-state index contributed by atoms with van der Waals surface area (Å²) in [5.74, 6) is 1.54. The molecule has 0 radical (unpaired) electrons. The number of carbonyl (C=O) groups excluding carboxylic acids is 1. The van der Waals surface area contributed by atoms with Crippen LogP contribution in [0.2, 0.25) is 0 Å². The maximum Gasteiger partial charge on any atom is 0.169 e. The Morgan fingerprint density at radius 1 is 1.15 bits per heavy atom. The van der Waals surface area contributed by atoms with Crippen molar-refractivity contribution < 1.29 is 9.53 Å². The molecule has 2 aliphatic rings. The molecular weight excluding hydrogens is 248 g/mol. The van der Waals surface area contributed by atoms with Gasteiger partial charge in [0.05, 0.1) is 12.5 Å². The molecule has 0 amide bonds. The van der Waals surface area contributed by atoms with Crippen molar-refractivity contribution >= 4 is 5.78 Å². The molecule has 2 heteroatoms. The molecule has 0 aromatic rings. The van der Waals surface area contributed by atoms with Crippen molar-refractivity contribution in [2.45, 2.75) is 65.2 Å². The average molecular weight is 276 g/mol. The fraction of sp³-hybridized carbons (Fsp3) is 0.722. The van der Waals surface area contributed by atoms with Gasteiger partial charge in [0.1, 0.15) is 5.76 Å². The summed E-state index contributed by atoms with van der Waals surface area (Å²) in [4.78, 5) is 12.9. The number of hydrogen-bond acceptors (Lipinski definition) is 2. The van der Waals surface area contributed by atoms with E-state index >= 15 is 0 Å². The summed E-state index contributed by atoms with van der Waals surface area (Å²) in [5, 5.41) is 0. The Morgan fingerprint density at radius 3 is 2.50 bits per heavy atom. The molecule has 2 aliphatic carbocycles. The smallest absolute Gasteiger partial charge is 0.169 e. The van der Waals surface area contributed by atoms with E-state index in [0.29, 0.717) is 11.7 Å². The van der Waals surface area contributed by atoms with E-state index in [1.54, 1.807) is 7.11 Å². The van der Waals surface area contributed by atoms with Gasteiger partial charge >= 0.3 is 0 Å². The summed E-state index contributed by atoms with van der Waals surface area (Å²) in [6.07, 6.45) is 13.6. The summed E-state index contributed by atoms with van der Waals surface area (Å²) in [5.41, 5.74) is 0.621. The average Bonchev–Trinajstić information content (AvgIpc) is 2.43. The van der Waals surface area contributed by atoms with Crippen LogP contribution in [0.3, 0.4) is 0 Å². The van der Waals surface area contributed by atoms with Crippen molar-refractivity contribution in [2.75, 3.05) is 7.11 Å². The van der Waals surface area contributed by atoms with Crippen LogP contribution in [0.15, 0.2) is 23.5 Å². The number of rotatable bonds is 1. The highest BCUT2D eigenvalue weighted by Gasteiger charge is 2.37. The van der Waals surface area contributed by atoms with Gasteiger partial charge in [-0.3, -0.25) is 4.79 Å². The minimum absolute atomic E-state index is 0.325. The standard InChI is InChI=1S/C18H28O2/c1-14-10-8-6-4-5-7-9-11-18(2)13-15(20-3)12-16(14)17(18)19/h12-14H,4-11H2,1-3H3/t14-,18+/m0/s1. The third kappa shape index (κ3) is 3.34. The fourth-order valence-electron chi connectivity index (χ4n) is 3.44. The van der Waals surface area contributed by atoms with Crippen LogP contribution in [-0.2, 0) is 9.53 Å². The lowest BCUT2D eigenvalue weighted by atomic mass is 9.71. The molecule has 2 atom stereocenters. The molecule has 0 aliphatic heterocycles. The van der Waals surface area contributed by atoms with Gasteiger partial charge in [0.2, 0.25) is 0 Å². The van der Waals surface area contributed by atoms with E-state index < -0.39 is 0 Å². The molecule has 0 saturated heterocycles. The van der Waals surface area contributed by atoms with Gasteiger partial charge in [-0.2, -0.15) is 0 Å². The van der Waals surface area contributed by atoms with Crippen LogP contribution in [0.1, 0.15) is 65.2 Å². The molecule has 0 heterocycles. The second kappa shape index (κ2) is 6.60. The second-order valence-electron chi connectivity index (χ2n) is 6.66. The predicted molar refractivity (Wildman–Crippen MR) is 82.4 cm³/mol. The zero-order valence-electron chi connectivity index (χ0n) is 13.2. The normalized spacial score (nSPS) is 32.5. The first-order valence-electron chi connectivity index (χ1n) is 8.10. The first-order chi connectivity index (χ1) is 9.57. The zero-order valence-corrected chi connectivity index (χ0v) is 13.2. The zero-order chi connectivity index (χ0) is 14.6. The lowest BCUT2D eigenvalue weighted by Gasteiger charge is -2.32. The molecule has 0 N–H and O–H groups in total. The van der Waals surface area contributed by atoms with Crippen molar-refractivity contribution in [3.05, 3.63) is 23.5 Å². The van der Waals surface area contributed by atoms with E-state index in [9.17, 15) is 4.79 Å². The van der Waals surface area contributed by atoms with Crippen molar-refractivity contribution in [3.8, 4) is 0 Å². The van der Waals surface area contributed by atoms with Gasteiger partial charge in [-0.05, 0) is 37.8 Å². The van der Waals surface area contributed by atoms with Crippen LogP contribution in [0, 0.1) is 11.3 Å². The van der Waals surface area contributed by atoms with Gasteiger partial charge in [-0.1, -0.05) is 45.4 Å². The predicted octanol–water partition coefficient (Wildman–Crippen LogP) is 4.80. The van der Waals surface area contributed by atoms with Gasteiger partial charge in [-0.15, -0.1) is 0 Å². The van der Waals surface area contributed by atoms with Gasteiger partial charge in [0, 0.05) is 5.57 Å². The Morgan fingerprint density at radius 2 is 1.80 bits per heavy atom. The lowest BCUT2D eigenvalue weighted by Crippen LogP contribution is -2.32. The van der Waals surface area contributed by atoms with Crippen LogP contribution in [0.5, 0.6) is 0 Å². The number of carbonyl (C=O) groups is 1. The van der Waals surface area contributed by atoms with Crippen LogP contribution in [-0.4, -0.2) is 12.9 Å². The Kier molecular flexibility index (Phi) is 5.06. The van der Waals surface area contributed by atoms with Gasteiger partial charge < -0.3 is 4.74 Å². The van der Waals surface area contributed by atoms with Crippen LogP contribution in [0.25, 0.3) is 0 Å². The minimum atomic E-state index is -0.358. The third-order valence-corrected chi connectivity index (χ3v) is 4.89. The molecule has 20 heavy (non-hydrogen) atoms. The Balaban J connectivity index is 2.29. The van der Waals surface area contributed by atoms with Crippen molar-refractivity contribution in [1.29, 1.82) is 0 Å². The largest absolute Gasteiger partial charge is 0.497 e. The molecule has 2 bridgehead atoms. The Bertz CT molecular complexity index is 419. The summed E-state index contributed by atoms with van der Waals surface area (Å²) >= 11 is 0. The number of allylic oxidation sites excluding steroid dienone is 3. The molecule has 0 unspecified atom stereocenters. The molecule has 1 saturated carbocycles. The van der Waals surface area contributed by atoms with E-state index in [1.807, 2.05) is 12.2 Å². The SMILES string of the molecule is COC1=C[C@@]2(C)CCCCCCCC[C@H](C)C(=C1)C2=O. The van der Waals surface area contributed by atoms with Crippen LogP contribution < -0.4 is 0 Å². The molecule has 1 fully saturated rings. The fourth-order valence-corrected chi connectivity index (χ4v) is 3.44. The highest BCUT2D eigenvalue weighted by atomic mass is 16.5. The van der Waals surface area contributed by atoms with Crippen molar-refractivity contribution in [3.63, 3.8) is 0 Å². The first kappa shape index (κ1) is 15.3. The van der Waals surface area contributed by atoms with Gasteiger partial charge in [-0.25, -0.2) is 0 Å². The first-order valence-corrected chi connectivity index (χ1v) is 8.10. The lowest BCUT2D eigenvalue weighted by molar-refractivity contribution is -0.123. The number of ketones is 1.